The van der Waals surface area contributed by atoms with Gasteiger partial charge in [0.2, 0.25) is 10.0 Å². The predicted molar refractivity (Wildman–Crippen MR) is 185 cm³/mol. The molecule has 1 unspecified atom stereocenters. The fraction of sp³-hybridized carbons (Fsp3) is 0.600. The molecule has 44 heavy (non-hydrogen) atoms. The van der Waals surface area contributed by atoms with E-state index in [4.69, 9.17) is 5.14 Å². The Balaban J connectivity index is 0.000000440. The molecule has 0 amide bonds. The van der Waals surface area contributed by atoms with Crippen LogP contribution in [-0.2, 0) is 33.0 Å². The second-order valence-corrected chi connectivity index (χ2v) is 28.9. The third kappa shape index (κ3) is 11.4. The van der Waals surface area contributed by atoms with Crippen molar-refractivity contribution in [3.8, 4) is 0 Å². The van der Waals surface area contributed by atoms with Crippen molar-refractivity contribution in [1.82, 2.24) is 14.2 Å². The number of nitrogens with zero attached hydrogens (tertiary/aromatic N) is 3. The molecule has 0 spiro atoms. The number of rotatable bonds is 9. The van der Waals surface area contributed by atoms with Crippen molar-refractivity contribution in [2.24, 2.45) is 9.17 Å². The molecule has 1 atom stereocenters. The molecule has 8 nitrogen and oxygen atoms in total. The Labute approximate surface area is 268 Å². The van der Waals surface area contributed by atoms with Crippen molar-refractivity contribution >= 4 is 36.4 Å². The molecule has 0 saturated carbocycles. The van der Waals surface area contributed by atoms with Crippen LogP contribution in [0.15, 0.2) is 50.2 Å². The van der Waals surface area contributed by atoms with E-state index in [-0.39, 0.29) is 19.9 Å². The smallest absolute Gasteiger partial charge is 0.237 e. The van der Waals surface area contributed by atoms with Crippen LogP contribution in [0.25, 0.3) is 0 Å². The number of hydrogen-bond donors (Lipinski definition) is 2. The van der Waals surface area contributed by atoms with Crippen molar-refractivity contribution in [2.45, 2.75) is 101 Å². The first-order chi connectivity index (χ1) is 19.5. The second-order valence-electron chi connectivity index (χ2n) is 15.0. The highest BCUT2D eigenvalue weighted by Gasteiger charge is 2.40. The summed E-state index contributed by atoms with van der Waals surface area (Å²) in [7, 11) is -4.05. The summed E-state index contributed by atoms with van der Waals surface area (Å²) in [6, 6.07) is 8.95. The molecule has 2 rings (SSSR count). The van der Waals surface area contributed by atoms with E-state index in [1.54, 1.807) is 12.1 Å². The predicted octanol–water partition coefficient (Wildman–Crippen LogP) is 6.76. The molecule has 0 heterocycles. The quantitative estimate of drug-likeness (QED) is 0.283. The number of benzene rings is 2. The van der Waals surface area contributed by atoms with Gasteiger partial charge in [-0.2, -0.15) is 0 Å². The fourth-order valence-corrected chi connectivity index (χ4v) is 13.3. The minimum atomic E-state index is -3.85. The Morgan fingerprint density at radius 3 is 1.45 bits per heavy atom. The van der Waals surface area contributed by atoms with Gasteiger partial charge in [0.15, 0.2) is 8.24 Å². The molecule has 2 aromatic carbocycles. The first kappa shape index (κ1) is 40.5. The van der Waals surface area contributed by atoms with Crippen molar-refractivity contribution in [3.05, 3.63) is 59.2 Å². The van der Waals surface area contributed by atoms with Gasteiger partial charge < -0.3 is 9.80 Å². The summed E-state index contributed by atoms with van der Waals surface area (Å²) in [6.45, 7) is 21.2. The van der Waals surface area contributed by atoms with E-state index >= 15 is 0 Å². The highest BCUT2D eigenvalue weighted by Crippen LogP contribution is 2.38. The molecule has 0 aliphatic carbocycles. The van der Waals surface area contributed by atoms with Gasteiger partial charge in [-0.1, -0.05) is 66.8 Å². The van der Waals surface area contributed by atoms with Gasteiger partial charge in [-0.25, -0.2) is 30.9 Å². The standard InChI is InChI=1S/C15H28FN3OSSi.C15H27FN2O2SSi/c1-15(2,3)22(6,7)18-21(17,20)14-9-8-12(10-13(14)16)11-19(4)5;1-15(2,3)22(6,7)17-21(19,20)14-9-8-12(10-13(14)16)11-18(4)5/h8-10H,11H2,1-7H3,(H2,17,18,20);8-10,17H,11H2,1-7H3. The lowest BCUT2D eigenvalue weighted by Crippen LogP contribution is -2.54. The van der Waals surface area contributed by atoms with Gasteiger partial charge in [0.05, 0.1) is 4.90 Å². The summed E-state index contributed by atoms with van der Waals surface area (Å²) in [6.07, 6.45) is 0. The Hall–Kier alpha value is -1.53. The third-order valence-electron chi connectivity index (χ3n) is 8.06. The van der Waals surface area contributed by atoms with E-state index in [2.05, 4.69) is 29.2 Å². The summed E-state index contributed by atoms with van der Waals surface area (Å²) in [4.78, 5) is 3.56. The van der Waals surface area contributed by atoms with E-state index in [1.807, 2.05) is 84.9 Å². The van der Waals surface area contributed by atoms with Gasteiger partial charge in [0.25, 0.3) is 0 Å². The van der Waals surface area contributed by atoms with Gasteiger partial charge in [-0.3, -0.25) is 4.03 Å². The molecule has 0 saturated heterocycles. The van der Waals surface area contributed by atoms with Gasteiger partial charge in [0, 0.05) is 13.1 Å². The number of sulfonamides is 1. The zero-order valence-electron chi connectivity index (χ0n) is 29.1. The summed E-state index contributed by atoms with van der Waals surface area (Å²) in [5, 5.41) is 5.65. The van der Waals surface area contributed by atoms with E-state index in [9.17, 15) is 21.4 Å². The Morgan fingerprint density at radius 1 is 0.750 bits per heavy atom. The summed E-state index contributed by atoms with van der Waals surface area (Å²) >= 11 is 0. The van der Waals surface area contributed by atoms with Gasteiger partial charge in [-0.15, -0.1) is 0 Å². The maximum absolute atomic E-state index is 14.3. The number of hydrogen-bond acceptors (Lipinski definition) is 6. The zero-order chi connectivity index (χ0) is 34.7. The number of nitrogens with one attached hydrogen (secondary N) is 1. The lowest BCUT2D eigenvalue weighted by molar-refractivity contribution is 0.401. The monoisotopic (exact) mass is 691 g/mol. The van der Waals surface area contributed by atoms with Crippen LogP contribution >= 0.6 is 0 Å². The lowest BCUT2D eigenvalue weighted by atomic mass is 10.2. The first-order valence-corrected chi connectivity index (χ1v) is 23.5. The maximum atomic E-state index is 14.3. The molecule has 14 heteroatoms. The molecule has 0 aliphatic heterocycles. The summed E-state index contributed by atoms with van der Waals surface area (Å²) < 4.78 is 73.6. The van der Waals surface area contributed by atoms with Crippen molar-refractivity contribution in [3.63, 3.8) is 0 Å². The average Bonchev–Trinajstić information content (AvgIpc) is 2.75. The summed E-state index contributed by atoms with van der Waals surface area (Å²) in [5.74, 6) is -1.25. The minimum Gasteiger partial charge on any atom is -0.305 e. The minimum absolute atomic E-state index is 0.000156. The SMILES string of the molecule is CN(C)Cc1ccc(S(=O)(=O)N[Si](C)(C)C(C)(C)C)c(F)c1.CN(C)Cc1ccc(S(N)(=O)=N[Si](C)(C)C(C)(C)C)c(F)c1. The molecule has 0 aromatic heterocycles. The molecule has 252 valence electrons. The zero-order valence-corrected chi connectivity index (χ0v) is 32.7. The average molecular weight is 692 g/mol. The molecule has 2 aromatic rings. The van der Waals surface area contributed by atoms with E-state index in [1.165, 1.54) is 24.3 Å². The second kappa shape index (κ2) is 14.5. The van der Waals surface area contributed by atoms with E-state index < -0.39 is 48.0 Å². The number of halogens is 2. The van der Waals surface area contributed by atoms with Crippen LogP contribution in [0.1, 0.15) is 52.7 Å². The van der Waals surface area contributed by atoms with Crippen LogP contribution in [-0.4, -0.2) is 67.1 Å². The van der Waals surface area contributed by atoms with Crippen LogP contribution < -0.4 is 9.53 Å². The van der Waals surface area contributed by atoms with Crippen molar-refractivity contribution < 1.29 is 21.4 Å². The highest BCUT2D eigenvalue weighted by molar-refractivity contribution is 7.92. The highest BCUT2D eigenvalue weighted by atomic mass is 32.2. The molecular weight excluding hydrogens is 637 g/mol. The normalized spacial score (nSPS) is 14.7. The van der Waals surface area contributed by atoms with Crippen molar-refractivity contribution in [1.29, 1.82) is 0 Å². The molecule has 0 aliphatic rings. The van der Waals surface area contributed by atoms with E-state index in [0.29, 0.717) is 13.1 Å². The Bertz CT molecular complexity index is 1530. The van der Waals surface area contributed by atoms with Gasteiger partial charge in [0.1, 0.15) is 34.7 Å². The van der Waals surface area contributed by atoms with Crippen LogP contribution in [0.5, 0.6) is 0 Å². The largest absolute Gasteiger partial charge is 0.305 e. The molecule has 0 radical (unpaired) electrons. The topological polar surface area (TPSA) is 108 Å². The van der Waals surface area contributed by atoms with E-state index in [0.717, 1.165) is 11.1 Å². The van der Waals surface area contributed by atoms with Crippen LogP contribution in [0.4, 0.5) is 8.78 Å². The fourth-order valence-electron chi connectivity index (χ4n) is 3.54. The van der Waals surface area contributed by atoms with Gasteiger partial charge >= 0.3 is 0 Å². The molecule has 3 N–H and O–H groups in total. The molecular formula is C30H55F2N5O3S2Si2. The third-order valence-corrected chi connectivity index (χ3v) is 23.4. The van der Waals surface area contributed by atoms with Crippen LogP contribution in [0, 0.1) is 11.6 Å². The number of nitrogens with two attached hydrogens (primary N) is 1. The lowest BCUT2D eigenvalue weighted by Gasteiger charge is -2.36. The maximum Gasteiger partial charge on any atom is 0.237 e. The molecule has 0 fully saturated rings. The van der Waals surface area contributed by atoms with Gasteiger partial charge in [-0.05, 0) is 86.8 Å². The Morgan fingerprint density at radius 2 is 1.14 bits per heavy atom. The van der Waals surface area contributed by atoms with Crippen LogP contribution in [0.2, 0.25) is 36.3 Å². The Kier molecular flexibility index (Phi) is 13.3. The van der Waals surface area contributed by atoms with Crippen molar-refractivity contribution in [2.75, 3.05) is 28.2 Å². The summed E-state index contributed by atoms with van der Waals surface area (Å²) in [5.41, 5.74) is 1.56. The first-order valence-electron chi connectivity index (χ1n) is 14.5. The van der Waals surface area contributed by atoms with Crippen LogP contribution in [0.3, 0.4) is 0 Å². The molecule has 0 bridgehead atoms.